The van der Waals surface area contributed by atoms with Crippen LogP contribution in [0.5, 0.6) is 0 Å². The molecule has 1 aromatic carbocycles. The van der Waals surface area contributed by atoms with Gasteiger partial charge in [0.2, 0.25) is 0 Å². The molecule has 1 aliphatic heterocycles. The van der Waals surface area contributed by atoms with Crippen LogP contribution in [0.2, 0.25) is 5.02 Å². The molecule has 2 aliphatic rings. The second-order valence-electron chi connectivity index (χ2n) is 9.56. The van der Waals surface area contributed by atoms with Gasteiger partial charge in [0.05, 0.1) is 48.7 Å². The zero-order valence-corrected chi connectivity index (χ0v) is 20.5. The third kappa shape index (κ3) is 4.77. The summed E-state index contributed by atoms with van der Waals surface area (Å²) in [6, 6.07) is 7.67. The number of rotatable bonds is 7. The van der Waals surface area contributed by atoms with Gasteiger partial charge in [0.25, 0.3) is 5.56 Å². The van der Waals surface area contributed by atoms with Gasteiger partial charge in [-0.15, -0.1) is 0 Å². The predicted molar refractivity (Wildman–Crippen MR) is 135 cm³/mol. The summed E-state index contributed by atoms with van der Waals surface area (Å²) in [5.41, 5.74) is 1.90. The third-order valence-corrected chi connectivity index (χ3v) is 7.71. The molecule has 9 nitrogen and oxygen atoms in total. The van der Waals surface area contributed by atoms with Crippen molar-refractivity contribution in [2.45, 2.75) is 57.2 Å². The number of aliphatic hydroxyl groups is 1. The number of aromatic nitrogens is 4. The van der Waals surface area contributed by atoms with Crippen molar-refractivity contribution in [2.75, 3.05) is 31.7 Å². The van der Waals surface area contributed by atoms with E-state index in [-0.39, 0.29) is 41.5 Å². The Balaban J connectivity index is 1.29. The van der Waals surface area contributed by atoms with Gasteiger partial charge in [-0.1, -0.05) is 23.7 Å². The molecule has 1 saturated carbocycles. The average molecular weight is 502 g/mol. The van der Waals surface area contributed by atoms with E-state index in [9.17, 15) is 14.7 Å². The van der Waals surface area contributed by atoms with Crippen molar-refractivity contribution < 1.29 is 9.84 Å². The number of nitrogens with one attached hydrogen (secondary N) is 1. The molecule has 2 fully saturated rings. The summed E-state index contributed by atoms with van der Waals surface area (Å²) in [6.45, 7) is 2.42. The molecular weight excluding hydrogens is 470 g/mol. The lowest BCUT2D eigenvalue weighted by molar-refractivity contribution is 0.0595. The van der Waals surface area contributed by atoms with Crippen molar-refractivity contribution in [2.24, 2.45) is 5.92 Å². The molecule has 35 heavy (non-hydrogen) atoms. The van der Waals surface area contributed by atoms with Crippen molar-refractivity contribution in [3.63, 3.8) is 0 Å². The Hall–Kier alpha value is -2.62. The molecule has 0 bridgehead atoms. The van der Waals surface area contributed by atoms with Gasteiger partial charge >= 0.3 is 5.69 Å². The van der Waals surface area contributed by atoms with Gasteiger partial charge in [0, 0.05) is 19.2 Å². The monoisotopic (exact) mass is 501 g/mol. The number of halogens is 1. The van der Waals surface area contributed by atoms with Crippen LogP contribution in [0.25, 0.3) is 11.0 Å². The summed E-state index contributed by atoms with van der Waals surface area (Å²) in [6.07, 6.45) is 6.76. The van der Waals surface area contributed by atoms with E-state index in [0.717, 1.165) is 62.8 Å². The summed E-state index contributed by atoms with van der Waals surface area (Å²) < 4.78 is 10.5. The molecule has 2 aromatic heterocycles. The number of imidazole rings is 1. The third-order valence-electron chi connectivity index (χ3n) is 7.35. The van der Waals surface area contributed by atoms with E-state index in [2.05, 4.69) is 10.4 Å². The molecule has 0 amide bonds. The first-order chi connectivity index (χ1) is 17.1. The first-order valence-corrected chi connectivity index (χ1v) is 12.9. The zero-order chi connectivity index (χ0) is 24.4. The average Bonchev–Trinajstić information content (AvgIpc) is 3.17. The minimum atomic E-state index is -0.281. The van der Waals surface area contributed by atoms with Crippen LogP contribution >= 0.6 is 11.6 Å². The number of hydrogen-bond acceptors (Lipinski definition) is 6. The van der Waals surface area contributed by atoms with Crippen molar-refractivity contribution >= 4 is 28.3 Å². The molecular formula is C25H32ClN5O4. The lowest BCUT2D eigenvalue weighted by atomic mass is 9.91. The van der Waals surface area contributed by atoms with E-state index in [1.54, 1.807) is 10.8 Å². The lowest BCUT2D eigenvalue weighted by Crippen LogP contribution is -2.34. The Morgan fingerprint density at radius 1 is 1.09 bits per heavy atom. The zero-order valence-electron chi connectivity index (χ0n) is 19.7. The van der Waals surface area contributed by atoms with Crippen LogP contribution in [0.4, 0.5) is 5.69 Å². The second kappa shape index (κ2) is 10.6. The predicted octanol–water partition coefficient (Wildman–Crippen LogP) is 3.20. The van der Waals surface area contributed by atoms with Gasteiger partial charge < -0.3 is 15.2 Å². The number of fused-ring (bicyclic) bond motifs is 1. The van der Waals surface area contributed by atoms with E-state index >= 15 is 0 Å². The van der Waals surface area contributed by atoms with Gasteiger partial charge in [-0.2, -0.15) is 5.10 Å². The fourth-order valence-electron chi connectivity index (χ4n) is 5.51. The van der Waals surface area contributed by atoms with Crippen LogP contribution < -0.4 is 16.6 Å². The molecule has 3 aromatic rings. The first-order valence-electron chi connectivity index (χ1n) is 12.5. The van der Waals surface area contributed by atoms with Crippen molar-refractivity contribution in [3.05, 3.63) is 56.3 Å². The van der Waals surface area contributed by atoms with E-state index in [4.69, 9.17) is 16.3 Å². The van der Waals surface area contributed by atoms with E-state index in [0.29, 0.717) is 18.2 Å². The largest absolute Gasteiger partial charge is 0.395 e. The van der Waals surface area contributed by atoms with Gasteiger partial charge in [-0.25, -0.2) is 9.48 Å². The normalized spacial score (nSPS) is 23.0. The van der Waals surface area contributed by atoms with E-state index in [1.807, 2.05) is 28.8 Å². The number of anilines is 1. The molecule has 2 N–H and O–H groups in total. The molecule has 3 heterocycles. The maximum Gasteiger partial charge on any atom is 0.329 e. The maximum atomic E-state index is 13.2. The molecule has 5 rings (SSSR count). The van der Waals surface area contributed by atoms with E-state index in [1.165, 1.54) is 4.68 Å². The van der Waals surface area contributed by atoms with Crippen molar-refractivity contribution in [3.8, 4) is 0 Å². The molecule has 1 aliphatic carbocycles. The van der Waals surface area contributed by atoms with Crippen LogP contribution in [0.15, 0.2) is 40.1 Å². The highest BCUT2D eigenvalue weighted by molar-refractivity contribution is 6.32. The smallest absolute Gasteiger partial charge is 0.329 e. The number of nitrogens with zero attached hydrogens (tertiary/aromatic N) is 4. The SMILES string of the molecule is O=c1c(Cl)c(NC[C@H]2CCCOC2)cnn1[C@H]1CC[C@@H](n2c(=O)n(CCO)c3ccccc32)CC1. The molecule has 0 radical (unpaired) electrons. The number of benzene rings is 1. The van der Waals surface area contributed by atoms with Gasteiger partial charge in [0.15, 0.2) is 0 Å². The highest BCUT2D eigenvalue weighted by atomic mass is 35.5. The van der Waals surface area contributed by atoms with Crippen LogP contribution in [0.3, 0.4) is 0 Å². The van der Waals surface area contributed by atoms with Gasteiger partial charge in [0.1, 0.15) is 5.02 Å². The quantitative estimate of drug-likeness (QED) is 0.515. The fourth-order valence-corrected chi connectivity index (χ4v) is 5.72. The lowest BCUT2D eigenvalue weighted by Gasteiger charge is -2.30. The van der Waals surface area contributed by atoms with Crippen molar-refractivity contribution in [1.29, 1.82) is 0 Å². The maximum absolute atomic E-state index is 13.2. The molecule has 1 atom stereocenters. The topological polar surface area (TPSA) is 103 Å². The summed E-state index contributed by atoms with van der Waals surface area (Å²) in [7, 11) is 0. The van der Waals surface area contributed by atoms with Crippen LogP contribution in [-0.2, 0) is 11.3 Å². The minimum Gasteiger partial charge on any atom is -0.395 e. The standard InChI is InChI=1S/C25H32ClN5O4/c26-23-20(27-14-17-4-3-13-35-16-17)15-28-31(24(23)33)19-9-7-18(8-10-19)30-22-6-2-1-5-21(22)29(11-12-32)25(30)34/h1-2,5-6,15,17-19,27,32H,3-4,7-14,16H2/t17-,18-,19+/m1/s1. The number of hydrogen-bond donors (Lipinski definition) is 2. The molecule has 1 saturated heterocycles. The van der Waals surface area contributed by atoms with Crippen LogP contribution in [0.1, 0.15) is 50.6 Å². The van der Waals surface area contributed by atoms with Gasteiger partial charge in [-0.05, 0) is 56.6 Å². The number of ether oxygens (including phenoxy) is 1. The molecule has 188 valence electrons. The summed E-state index contributed by atoms with van der Waals surface area (Å²) in [5.74, 6) is 0.407. The number of aliphatic hydroxyl groups excluding tert-OH is 1. The van der Waals surface area contributed by atoms with Gasteiger partial charge in [-0.3, -0.25) is 13.9 Å². The van der Waals surface area contributed by atoms with Crippen molar-refractivity contribution in [1.82, 2.24) is 18.9 Å². The van der Waals surface area contributed by atoms with Crippen LogP contribution in [0, 0.1) is 5.92 Å². The van der Waals surface area contributed by atoms with E-state index < -0.39 is 0 Å². The minimum absolute atomic E-state index is 0.0356. The Morgan fingerprint density at radius 3 is 2.54 bits per heavy atom. The Morgan fingerprint density at radius 2 is 1.83 bits per heavy atom. The summed E-state index contributed by atoms with van der Waals surface area (Å²) in [5, 5.41) is 17.3. The summed E-state index contributed by atoms with van der Waals surface area (Å²) in [4.78, 5) is 26.2. The molecule has 0 unspecified atom stereocenters. The highest BCUT2D eigenvalue weighted by Crippen LogP contribution is 2.35. The second-order valence-corrected chi connectivity index (χ2v) is 9.94. The molecule has 10 heteroatoms. The summed E-state index contributed by atoms with van der Waals surface area (Å²) >= 11 is 6.44. The Kier molecular flexibility index (Phi) is 7.27. The van der Waals surface area contributed by atoms with Crippen LogP contribution in [-0.4, -0.2) is 50.4 Å². The Labute approximate surface area is 208 Å². The number of para-hydroxylation sites is 2. The fraction of sp³-hybridized carbons (Fsp3) is 0.560. The highest BCUT2D eigenvalue weighted by Gasteiger charge is 2.28. The first kappa shape index (κ1) is 24.1. The molecule has 0 spiro atoms. The Bertz CT molecular complexity index is 1290.